The lowest BCUT2D eigenvalue weighted by Gasteiger charge is -2.21. The highest BCUT2D eigenvalue weighted by molar-refractivity contribution is 7.47. The number of esters is 4. The van der Waals surface area contributed by atoms with Crippen molar-refractivity contribution in [3.05, 3.63) is 0 Å². The van der Waals surface area contributed by atoms with E-state index in [-0.39, 0.29) is 25.7 Å². The molecule has 0 spiro atoms. The van der Waals surface area contributed by atoms with E-state index in [2.05, 4.69) is 41.5 Å². The van der Waals surface area contributed by atoms with E-state index < -0.39 is 97.5 Å². The number of carbonyl (C=O) groups excluding carboxylic acids is 4. The minimum Gasteiger partial charge on any atom is -0.462 e. The topological polar surface area (TPSA) is 237 Å². The monoisotopic (exact) mass is 1610 g/mol. The molecule has 0 bridgehead atoms. The van der Waals surface area contributed by atoms with Crippen molar-refractivity contribution in [1.82, 2.24) is 0 Å². The van der Waals surface area contributed by atoms with Crippen LogP contribution in [0.4, 0.5) is 0 Å². The molecular formula is C91H178O17P2. The van der Waals surface area contributed by atoms with Gasteiger partial charge < -0.3 is 33.8 Å². The molecule has 0 fully saturated rings. The molecule has 0 saturated heterocycles. The average Bonchev–Trinajstić information content (AvgIpc) is 0.898. The fourth-order valence-corrected chi connectivity index (χ4v) is 15.9. The Morgan fingerprint density at radius 2 is 0.418 bits per heavy atom. The van der Waals surface area contributed by atoms with Crippen molar-refractivity contribution >= 4 is 39.5 Å². The van der Waals surface area contributed by atoms with Crippen LogP contribution in [-0.2, 0) is 65.4 Å². The summed E-state index contributed by atoms with van der Waals surface area (Å²) in [5, 5.41) is 10.7. The van der Waals surface area contributed by atoms with E-state index in [4.69, 9.17) is 37.0 Å². The lowest BCUT2D eigenvalue weighted by molar-refractivity contribution is -0.161. The Labute approximate surface area is 677 Å². The lowest BCUT2D eigenvalue weighted by atomic mass is 10.0. The molecule has 0 amide bonds. The Morgan fingerprint density at radius 1 is 0.245 bits per heavy atom. The highest BCUT2D eigenvalue weighted by Gasteiger charge is 2.31. The average molecular weight is 1610 g/mol. The molecule has 110 heavy (non-hydrogen) atoms. The lowest BCUT2D eigenvalue weighted by Crippen LogP contribution is -2.30. The Kier molecular flexibility index (Phi) is 80.7. The SMILES string of the molecule is CCCCCCCCCCCCCCCCCCCCCCC(=O)O[C@H](COC(=O)CCCCCCCCCCCCCCCCCCC(C)C)COP(=O)(O)OC[C@@H](O)COP(=O)(O)OC[C@@H](COC(=O)CCCCCCCCCCCCCC)OC(=O)CCCCCCCCCCCCCCCCCCC(C)C. The fraction of sp³-hybridized carbons (Fsp3) is 0.956. The number of carbonyl (C=O) groups is 4. The van der Waals surface area contributed by atoms with Gasteiger partial charge in [-0.05, 0) is 37.5 Å². The highest BCUT2D eigenvalue weighted by atomic mass is 31.2. The number of aliphatic hydroxyl groups is 1. The van der Waals surface area contributed by atoms with E-state index >= 15 is 0 Å². The molecule has 19 heteroatoms. The number of hydrogen-bond acceptors (Lipinski definition) is 15. The Morgan fingerprint density at radius 3 is 0.618 bits per heavy atom. The normalized spacial score (nSPS) is 13.7. The van der Waals surface area contributed by atoms with Gasteiger partial charge in [0.05, 0.1) is 26.4 Å². The molecule has 0 radical (unpaired) electrons. The molecule has 0 aromatic carbocycles. The van der Waals surface area contributed by atoms with Crippen LogP contribution in [0.5, 0.6) is 0 Å². The summed E-state index contributed by atoms with van der Waals surface area (Å²) in [6, 6.07) is 0. The van der Waals surface area contributed by atoms with Crippen LogP contribution in [0.25, 0.3) is 0 Å². The van der Waals surface area contributed by atoms with Crippen molar-refractivity contribution in [3.63, 3.8) is 0 Å². The molecule has 0 aromatic rings. The van der Waals surface area contributed by atoms with Crippen LogP contribution >= 0.6 is 15.6 Å². The van der Waals surface area contributed by atoms with Gasteiger partial charge in [-0.2, -0.15) is 0 Å². The van der Waals surface area contributed by atoms with Crippen molar-refractivity contribution in [2.75, 3.05) is 39.6 Å². The van der Waals surface area contributed by atoms with E-state index in [9.17, 15) is 43.2 Å². The second-order valence-corrected chi connectivity index (χ2v) is 36.6. The smallest absolute Gasteiger partial charge is 0.462 e. The summed E-state index contributed by atoms with van der Waals surface area (Å²) in [6.45, 7) is 9.77. The largest absolute Gasteiger partial charge is 0.472 e. The van der Waals surface area contributed by atoms with Gasteiger partial charge in [-0.3, -0.25) is 37.3 Å². The zero-order valence-corrected chi connectivity index (χ0v) is 74.4. The van der Waals surface area contributed by atoms with Crippen LogP contribution in [0.2, 0.25) is 0 Å². The first kappa shape index (κ1) is 108. The number of unbranched alkanes of at least 4 members (excludes halogenated alkanes) is 60. The van der Waals surface area contributed by atoms with Gasteiger partial charge in [0.25, 0.3) is 0 Å². The number of aliphatic hydroxyl groups excluding tert-OH is 1. The van der Waals surface area contributed by atoms with Gasteiger partial charge in [0.15, 0.2) is 12.2 Å². The van der Waals surface area contributed by atoms with Crippen LogP contribution in [0, 0.1) is 11.8 Å². The first-order valence-electron chi connectivity index (χ1n) is 47.0. The molecule has 0 aliphatic heterocycles. The quantitative estimate of drug-likeness (QED) is 0.0222. The molecular weight excluding hydrogens is 1430 g/mol. The van der Waals surface area contributed by atoms with Gasteiger partial charge in [-0.1, -0.05) is 440 Å². The molecule has 5 atom stereocenters. The molecule has 3 N–H and O–H groups in total. The van der Waals surface area contributed by atoms with Gasteiger partial charge in [0, 0.05) is 25.7 Å². The number of hydrogen-bond donors (Lipinski definition) is 3. The van der Waals surface area contributed by atoms with Crippen molar-refractivity contribution in [3.8, 4) is 0 Å². The van der Waals surface area contributed by atoms with E-state index in [1.165, 1.54) is 308 Å². The predicted octanol–water partition coefficient (Wildman–Crippen LogP) is 28.2. The van der Waals surface area contributed by atoms with Crippen molar-refractivity contribution < 1.29 is 80.2 Å². The van der Waals surface area contributed by atoms with E-state index in [1.807, 2.05) is 0 Å². The van der Waals surface area contributed by atoms with Crippen LogP contribution in [0.3, 0.4) is 0 Å². The summed E-state index contributed by atoms with van der Waals surface area (Å²) in [4.78, 5) is 73.4. The van der Waals surface area contributed by atoms with Gasteiger partial charge in [0.2, 0.25) is 0 Å². The molecule has 0 saturated carbocycles. The number of phosphoric ester groups is 2. The van der Waals surface area contributed by atoms with Crippen LogP contribution in [0.15, 0.2) is 0 Å². The van der Waals surface area contributed by atoms with E-state index in [1.54, 1.807) is 0 Å². The second kappa shape index (κ2) is 82.2. The summed E-state index contributed by atoms with van der Waals surface area (Å²) in [5.74, 6) is -0.472. The molecule has 0 aliphatic rings. The maximum atomic E-state index is 13.2. The Bertz CT molecular complexity index is 2100. The zero-order chi connectivity index (χ0) is 80.6. The molecule has 0 rings (SSSR count). The van der Waals surface area contributed by atoms with Gasteiger partial charge in [-0.25, -0.2) is 9.13 Å². The van der Waals surface area contributed by atoms with E-state index in [0.29, 0.717) is 25.7 Å². The van der Waals surface area contributed by atoms with Gasteiger partial charge in [-0.15, -0.1) is 0 Å². The second-order valence-electron chi connectivity index (χ2n) is 33.6. The molecule has 654 valence electrons. The zero-order valence-electron chi connectivity index (χ0n) is 72.6. The molecule has 0 aromatic heterocycles. The maximum absolute atomic E-state index is 13.2. The molecule has 0 heterocycles. The number of phosphoric acid groups is 2. The summed E-state index contributed by atoms with van der Waals surface area (Å²) in [5.41, 5.74) is 0. The standard InChI is InChI=1S/C91H178O17P2/c1-7-9-11-13-15-17-19-21-22-23-24-25-26-34-39-45-51-57-63-69-75-90(95)108-87(80-102-89(94)74-68-62-56-50-44-38-33-29-27-31-36-41-47-53-59-65-71-83(3)4)82-106-110(99,100)104-78-85(92)77-103-109(97,98)105-81-86(79-101-88(93)73-67-61-55-49-43-20-18-16-14-12-10-8-2)107-91(96)76-70-64-58-52-46-40-35-30-28-32-37-42-48-54-60-66-72-84(5)6/h83-87,92H,7-82H2,1-6H3,(H,97,98)(H,99,100)/t85-,86+,87+/m0/s1. The molecule has 17 nitrogen and oxygen atoms in total. The predicted molar refractivity (Wildman–Crippen MR) is 455 cm³/mol. The Hall–Kier alpha value is -1.94. The van der Waals surface area contributed by atoms with Crippen LogP contribution < -0.4 is 0 Å². The summed E-state index contributed by atoms with van der Waals surface area (Å²) in [6.07, 6.45) is 76.4. The third kappa shape index (κ3) is 84.0. The van der Waals surface area contributed by atoms with Crippen molar-refractivity contribution in [2.24, 2.45) is 11.8 Å². The number of ether oxygens (including phenoxy) is 4. The number of rotatable bonds is 90. The molecule has 2 unspecified atom stereocenters. The summed E-state index contributed by atoms with van der Waals surface area (Å²) in [7, 11) is -9.94. The van der Waals surface area contributed by atoms with Crippen LogP contribution in [0.1, 0.15) is 491 Å². The Balaban J connectivity index is 5.25. The summed E-state index contributed by atoms with van der Waals surface area (Å²) < 4.78 is 69.1. The maximum Gasteiger partial charge on any atom is 0.472 e. The van der Waals surface area contributed by atoms with Gasteiger partial charge >= 0.3 is 39.5 Å². The minimum absolute atomic E-state index is 0.109. The summed E-state index contributed by atoms with van der Waals surface area (Å²) >= 11 is 0. The van der Waals surface area contributed by atoms with E-state index in [0.717, 1.165) is 102 Å². The van der Waals surface area contributed by atoms with Gasteiger partial charge in [0.1, 0.15) is 19.3 Å². The molecule has 0 aliphatic carbocycles. The first-order valence-corrected chi connectivity index (χ1v) is 50.0. The van der Waals surface area contributed by atoms with Crippen molar-refractivity contribution in [2.45, 2.75) is 509 Å². The highest BCUT2D eigenvalue weighted by Crippen LogP contribution is 2.45. The first-order chi connectivity index (χ1) is 53.4. The minimum atomic E-state index is -4.97. The van der Waals surface area contributed by atoms with Crippen molar-refractivity contribution in [1.29, 1.82) is 0 Å². The fourth-order valence-electron chi connectivity index (χ4n) is 14.3. The third-order valence-electron chi connectivity index (χ3n) is 21.5. The third-order valence-corrected chi connectivity index (χ3v) is 23.4. The van der Waals surface area contributed by atoms with Crippen LogP contribution in [-0.4, -0.2) is 96.7 Å².